The van der Waals surface area contributed by atoms with Crippen LogP contribution in [0.3, 0.4) is 0 Å². The third-order valence-corrected chi connectivity index (χ3v) is 5.19. The number of aromatic amines is 1. The Morgan fingerprint density at radius 1 is 1.04 bits per heavy atom. The van der Waals surface area contributed by atoms with Gasteiger partial charge in [-0.3, -0.25) is 4.98 Å². The van der Waals surface area contributed by atoms with Gasteiger partial charge in [0.1, 0.15) is 6.04 Å². The van der Waals surface area contributed by atoms with Gasteiger partial charge < -0.3 is 15.2 Å². The normalized spacial score (nSPS) is 19.8. The maximum Gasteiger partial charge on any atom is 0.174 e. The lowest BCUT2D eigenvalue weighted by Gasteiger charge is -2.27. The van der Waals surface area contributed by atoms with E-state index < -0.39 is 0 Å². The van der Waals surface area contributed by atoms with Crippen LogP contribution in [-0.2, 0) is 0 Å². The molecule has 132 valence electrons. The zero-order valence-corrected chi connectivity index (χ0v) is 15.7. The van der Waals surface area contributed by atoms with E-state index in [0.717, 1.165) is 22.2 Å². The third-order valence-electron chi connectivity index (χ3n) is 4.88. The molecule has 2 atom stereocenters. The Bertz CT molecular complexity index is 872. The first-order valence-electron chi connectivity index (χ1n) is 8.89. The maximum absolute atomic E-state index is 5.71. The van der Waals surface area contributed by atoms with Gasteiger partial charge in [-0.15, -0.1) is 0 Å². The number of aromatic nitrogens is 2. The second-order valence-corrected chi connectivity index (χ2v) is 7.25. The molecule has 1 fully saturated rings. The summed E-state index contributed by atoms with van der Waals surface area (Å²) in [6, 6.07) is 18.8. The Balaban J connectivity index is 1.76. The Kier molecular flexibility index (Phi) is 4.47. The standard InChI is InChI=1S/C21H22N4S/c1-14(2)15-8-10-16(11-9-15)25-20(18-7-5-13-23-18)19(24-21(25)26)17-6-3-4-12-22-17/h3-14,19-20,23H,1-2H3,(H,24,26)/t19-,20+/m1/s1. The molecule has 3 aromatic rings. The second-order valence-electron chi connectivity index (χ2n) is 6.87. The van der Waals surface area contributed by atoms with Crippen LogP contribution in [0.25, 0.3) is 0 Å². The Morgan fingerprint density at radius 3 is 2.46 bits per heavy atom. The van der Waals surface area contributed by atoms with E-state index >= 15 is 0 Å². The summed E-state index contributed by atoms with van der Waals surface area (Å²) in [6.07, 6.45) is 3.78. The summed E-state index contributed by atoms with van der Waals surface area (Å²) >= 11 is 5.71. The molecule has 2 aromatic heterocycles. The summed E-state index contributed by atoms with van der Waals surface area (Å²) in [5.41, 5.74) is 4.51. The molecule has 1 aromatic carbocycles. The molecule has 26 heavy (non-hydrogen) atoms. The van der Waals surface area contributed by atoms with Crippen LogP contribution in [-0.4, -0.2) is 15.1 Å². The lowest BCUT2D eigenvalue weighted by molar-refractivity contribution is 0.558. The minimum absolute atomic E-state index is 0.00729. The monoisotopic (exact) mass is 362 g/mol. The largest absolute Gasteiger partial charge is 0.363 e. The summed E-state index contributed by atoms with van der Waals surface area (Å²) < 4.78 is 0. The zero-order chi connectivity index (χ0) is 18.1. The number of benzene rings is 1. The molecular weight excluding hydrogens is 340 g/mol. The van der Waals surface area contributed by atoms with Crippen molar-refractivity contribution in [2.45, 2.75) is 31.8 Å². The van der Waals surface area contributed by atoms with Crippen molar-refractivity contribution in [3.05, 3.63) is 83.9 Å². The van der Waals surface area contributed by atoms with Gasteiger partial charge in [0.25, 0.3) is 0 Å². The fourth-order valence-electron chi connectivity index (χ4n) is 3.50. The lowest BCUT2D eigenvalue weighted by Crippen LogP contribution is -2.29. The van der Waals surface area contributed by atoms with E-state index in [1.165, 1.54) is 5.56 Å². The highest BCUT2D eigenvalue weighted by Crippen LogP contribution is 2.40. The molecule has 0 radical (unpaired) electrons. The summed E-state index contributed by atoms with van der Waals surface area (Å²) in [7, 11) is 0. The first-order chi connectivity index (χ1) is 12.6. The van der Waals surface area contributed by atoms with Gasteiger partial charge in [0.15, 0.2) is 5.11 Å². The second kappa shape index (κ2) is 6.92. The van der Waals surface area contributed by atoms with Crippen LogP contribution in [0.1, 0.15) is 48.8 Å². The molecule has 2 N–H and O–H groups in total. The number of rotatable bonds is 4. The van der Waals surface area contributed by atoms with Crippen molar-refractivity contribution < 1.29 is 0 Å². The SMILES string of the molecule is CC(C)c1ccc(N2C(=S)N[C@H](c3ccccn3)[C@@H]2c2ccc[nH]2)cc1. The van der Waals surface area contributed by atoms with Crippen molar-refractivity contribution in [3.63, 3.8) is 0 Å². The maximum atomic E-state index is 5.71. The molecule has 1 aliphatic heterocycles. The molecule has 0 aliphatic carbocycles. The van der Waals surface area contributed by atoms with Crippen molar-refractivity contribution in [2.75, 3.05) is 4.90 Å². The van der Waals surface area contributed by atoms with Gasteiger partial charge in [0.2, 0.25) is 0 Å². The van der Waals surface area contributed by atoms with Gasteiger partial charge in [-0.1, -0.05) is 32.0 Å². The van der Waals surface area contributed by atoms with Crippen LogP contribution in [0, 0.1) is 0 Å². The van der Waals surface area contributed by atoms with E-state index in [0.29, 0.717) is 5.92 Å². The van der Waals surface area contributed by atoms with Crippen LogP contribution < -0.4 is 10.2 Å². The number of hydrogen-bond acceptors (Lipinski definition) is 2. The number of hydrogen-bond donors (Lipinski definition) is 2. The highest BCUT2D eigenvalue weighted by molar-refractivity contribution is 7.80. The minimum Gasteiger partial charge on any atom is -0.363 e. The molecule has 4 nitrogen and oxygen atoms in total. The summed E-state index contributed by atoms with van der Waals surface area (Å²) in [5, 5.41) is 4.19. The number of nitrogens with one attached hydrogen (secondary N) is 2. The van der Waals surface area contributed by atoms with Crippen LogP contribution in [0.15, 0.2) is 67.0 Å². The van der Waals surface area contributed by atoms with E-state index in [9.17, 15) is 0 Å². The molecule has 0 saturated carbocycles. The van der Waals surface area contributed by atoms with Crippen LogP contribution in [0.5, 0.6) is 0 Å². The number of pyridine rings is 1. The van der Waals surface area contributed by atoms with Gasteiger partial charge >= 0.3 is 0 Å². The predicted octanol–water partition coefficient (Wildman–Crippen LogP) is 4.71. The summed E-state index contributed by atoms with van der Waals surface area (Å²) in [6.45, 7) is 4.41. The Morgan fingerprint density at radius 2 is 1.85 bits per heavy atom. The van der Waals surface area contributed by atoms with Crippen LogP contribution >= 0.6 is 12.2 Å². The fourth-order valence-corrected chi connectivity index (χ4v) is 3.84. The fraction of sp³-hybridized carbons (Fsp3) is 0.238. The van der Waals surface area contributed by atoms with Crippen molar-refractivity contribution in [3.8, 4) is 0 Å². The third kappa shape index (κ3) is 2.99. The Labute approximate surface area is 159 Å². The quantitative estimate of drug-likeness (QED) is 0.660. The highest BCUT2D eigenvalue weighted by Gasteiger charge is 2.41. The topological polar surface area (TPSA) is 44.0 Å². The van der Waals surface area contributed by atoms with Crippen molar-refractivity contribution in [1.82, 2.24) is 15.3 Å². The highest BCUT2D eigenvalue weighted by atomic mass is 32.1. The zero-order valence-electron chi connectivity index (χ0n) is 14.9. The lowest BCUT2D eigenvalue weighted by atomic mass is 10.00. The van der Waals surface area contributed by atoms with Crippen molar-refractivity contribution >= 4 is 23.0 Å². The van der Waals surface area contributed by atoms with Crippen molar-refractivity contribution in [1.29, 1.82) is 0 Å². The van der Waals surface area contributed by atoms with E-state index in [1.54, 1.807) is 0 Å². The number of anilines is 1. The smallest absolute Gasteiger partial charge is 0.174 e. The molecule has 4 rings (SSSR count). The van der Waals surface area contributed by atoms with Crippen molar-refractivity contribution in [2.24, 2.45) is 0 Å². The molecular formula is C21H22N4S. The first kappa shape index (κ1) is 16.8. The average Bonchev–Trinajstić information content (AvgIpc) is 3.30. The van der Waals surface area contributed by atoms with Gasteiger partial charge in [-0.25, -0.2) is 0 Å². The Hall–Kier alpha value is -2.66. The molecule has 1 aliphatic rings. The van der Waals surface area contributed by atoms with E-state index in [2.05, 4.69) is 64.4 Å². The van der Waals surface area contributed by atoms with Gasteiger partial charge in [-0.05, 0) is 60.1 Å². The van der Waals surface area contributed by atoms with Gasteiger partial charge in [-0.2, -0.15) is 0 Å². The van der Waals surface area contributed by atoms with E-state index in [4.69, 9.17) is 12.2 Å². The molecule has 1 saturated heterocycles. The molecule has 5 heteroatoms. The van der Waals surface area contributed by atoms with E-state index in [1.807, 2.05) is 36.7 Å². The predicted molar refractivity (Wildman–Crippen MR) is 109 cm³/mol. The van der Waals surface area contributed by atoms with Crippen LogP contribution in [0.2, 0.25) is 0 Å². The average molecular weight is 363 g/mol. The molecule has 0 amide bonds. The summed E-state index contributed by atoms with van der Waals surface area (Å²) in [4.78, 5) is 10.1. The van der Waals surface area contributed by atoms with Gasteiger partial charge in [0.05, 0.1) is 11.7 Å². The van der Waals surface area contributed by atoms with Crippen LogP contribution in [0.4, 0.5) is 5.69 Å². The number of thiocarbonyl (C=S) groups is 1. The van der Waals surface area contributed by atoms with Gasteiger partial charge in [0, 0.05) is 23.8 Å². The van der Waals surface area contributed by atoms with E-state index in [-0.39, 0.29) is 12.1 Å². The molecule has 0 unspecified atom stereocenters. The molecule has 3 heterocycles. The minimum atomic E-state index is -0.00729. The molecule has 0 spiro atoms. The molecule has 0 bridgehead atoms. The summed E-state index contributed by atoms with van der Waals surface area (Å²) in [5.74, 6) is 0.508. The number of H-pyrrole nitrogens is 1. The first-order valence-corrected chi connectivity index (χ1v) is 9.30. The number of nitrogens with zero attached hydrogens (tertiary/aromatic N) is 2.